The fourth-order valence-electron chi connectivity index (χ4n) is 3.67. The van der Waals surface area contributed by atoms with Crippen molar-refractivity contribution in [2.24, 2.45) is 4.99 Å². The molecular formula is C24H21FN2O4S. The van der Waals surface area contributed by atoms with Crippen LogP contribution in [0.25, 0.3) is 6.08 Å². The molecule has 2 aromatic carbocycles. The second-order valence-corrected chi connectivity index (χ2v) is 8.14. The van der Waals surface area contributed by atoms with E-state index in [-0.39, 0.29) is 18.0 Å². The minimum absolute atomic E-state index is 0.199. The van der Waals surface area contributed by atoms with Crippen LogP contribution in [0.5, 0.6) is 5.75 Å². The van der Waals surface area contributed by atoms with Crippen LogP contribution in [0, 0.1) is 5.82 Å². The Morgan fingerprint density at radius 2 is 2.03 bits per heavy atom. The van der Waals surface area contributed by atoms with Crippen molar-refractivity contribution in [2.45, 2.75) is 19.9 Å². The lowest BCUT2D eigenvalue weighted by molar-refractivity contribution is -0.139. The second-order valence-electron chi connectivity index (χ2n) is 7.13. The molecule has 1 aliphatic heterocycles. The number of fused-ring (bicyclic) bond motifs is 1. The maximum absolute atomic E-state index is 13.6. The molecule has 1 aliphatic rings. The third kappa shape index (κ3) is 4.01. The van der Waals surface area contributed by atoms with Gasteiger partial charge in [-0.25, -0.2) is 14.2 Å². The first-order valence-corrected chi connectivity index (χ1v) is 10.8. The van der Waals surface area contributed by atoms with Crippen molar-refractivity contribution in [3.05, 3.63) is 96.4 Å². The number of esters is 1. The van der Waals surface area contributed by atoms with Crippen LogP contribution < -0.4 is 19.6 Å². The van der Waals surface area contributed by atoms with Crippen LogP contribution in [-0.4, -0.2) is 24.3 Å². The lowest BCUT2D eigenvalue weighted by atomic mass is 9.95. The number of carbonyl (C=O) groups is 1. The number of allylic oxidation sites excluding steroid dienone is 1. The van der Waals surface area contributed by atoms with E-state index in [2.05, 4.69) is 4.99 Å². The summed E-state index contributed by atoms with van der Waals surface area (Å²) in [7, 11) is 1.55. The maximum Gasteiger partial charge on any atom is 0.338 e. The number of carbonyl (C=O) groups excluding carboxylic acids is 1. The van der Waals surface area contributed by atoms with Gasteiger partial charge in [0.15, 0.2) is 4.80 Å². The van der Waals surface area contributed by atoms with Crippen LogP contribution in [0.3, 0.4) is 0 Å². The van der Waals surface area contributed by atoms with Gasteiger partial charge in [-0.05, 0) is 55.3 Å². The van der Waals surface area contributed by atoms with Gasteiger partial charge >= 0.3 is 5.97 Å². The van der Waals surface area contributed by atoms with Crippen LogP contribution >= 0.6 is 11.3 Å². The van der Waals surface area contributed by atoms with Crippen molar-refractivity contribution in [1.29, 1.82) is 0 Å². The first-order chi connectivity index (χ1) is 15.4. The Balaban J connectivity index is 1.97. The summed E-state index contributed by atoms with van der Waals surface area (Å²) in [6, 6.07) is 12.5. The van der Waals surface area contributed by atoms with E-state index in [1.165, 1.54) is 28.0 Å². The summed E-state index contributed by atoms with van der Waals surface area (Å²) in [6.07, 6.45) is 1.62. The molecule has 0 N–H and O–H groups in total. The first kappa shape index (κ1) is 21.7. The average molecular weight is 453 g/mol. The van der Waals surface area contributed by atoms with Gasteiger partial charge in [0, 0.05) is 0 Å². The molecule has 1 atom stereocenters. The molecule has 32 heavy (non-hydrogen) atoms. The minimum atomic E-state index is -0.727. The standard InChI is InChI=1S/C24H21FN2O4S/c1-4-31-23(29)20-14(2)26-24-27(21(20)16-8-6-10-18(13-16)30-3)22(28)19(32-24)12-15-7-5-9-17(25)11-15/h5-13,21H,4H2,1-3H3/b19-12-. The summed E-state index contributed by atoms with van der Waals surface area (Å²) in [5.74, 6) is -0.315. The van der Waals surface area contributed by atoms with Gasteiger partial charge in [-0.15, -0.1) is 0 Å². The topological polar surface area (TPSA) is 69.9 Å². The molecule has 0 saturated carbocycles. The Bertz CT molecular complexity index is 1400. The number of hydrogen-bond acceptors (Lipinski definition) is 6. The zero-order valence-electron chi connectivity index (χ0n) is 17.8. The third-order valence-corrected chi connectivity index (χ3v) is 6.06. The summed E-state index contributed by atoms with van der Waals surface area (Å²) in [5, 5.41) is 0. The van der Waals surface area contributed by atoms with Crippen LogP contribution in [-0.2, 0) is 9.53 Å². The molecule has 0 fully saturated rings. The van der Waals surface area contributed by atoms with Crippen molar-refractivity contribution in [3.8, 4) is 5.75 Å². The van der Waals surface area contributed by atoms with Crippen LogP contribution in [0.1, 0.15) is 31.0 Å². The molecular weight excluding hydrogens is 431 g/mol. The maximum atomic E-state index is 13.6. The molecule has 164 valence electrons. The number of aromatic nitrogens is 1. The highest BCUT2D eigenvalue weighted by Crippen LogP contribution is 2.32. The molecule has 0 aliphatic carbocycles. The van der Waals surface area contributed by atoms with E-state index < -0.39 is 12.0 Å². The molecule has 8 heteroatoms. The van der Waals surface area contributed by atoms with Crippen molar-refractivity contribution in [3.63, 3.8) is 0 Å². The molecule has 1 unspecified atom stereocenters. The van der Waals surface area contributed by atoms with Crippen LogP contribution in [0.4, 0.5) is 4.39 Å². The van der Waals surface area contributed by atoms with Crippen LogP contribution in [0.2, 0.25) is 0 Å². The Hall–Kier alpha value is -3.52. The predicted octanol–water partition coefficient (Wildman–Crippen LogP) is 2.95. The summed E-state index contributed by atoms with van der Waals surface area (Å²) in [6.45, 7) is 3.65. The molecule has 0 radical (unpaired) electrons. The van der Waals surface area contributed by atoms with E-state index in [9.17, 15) is 14.0 Å². The summed E-state index contributed by atoms with van der Waals surface area (Å²) >= 11 is 1.19. The summed E-state index contributed by atoms with van der Waals surface area (Å²) < 4.78 is 26.1. The molecule has 0 amide bonds. The van der Waals surface area contributed by atoms with E-state index in [4.69, 9.17) is 9.47 Å². The second kappa shape index (κ2) is 8.92. The number of nitrogens with zero attached hydrogens (tertiary/aromatic N) is 2. The smallest absolute Gasteiger partial charge is 0.338 e. The van der Waals surface area contributed by atoms with E-state index in [0.29, 0.717) is 37.5 Å². The van der Waals surface area contributed by atoms with E-state index >= 15 is 0 Å². The van der Waals surface area contributed by atoms with Crippen molar-refractivity contribution in [1.82, 2.24) is 4.57 Å². The number of methoxy groups -OCH3 is 1. The molecule has 6 nitrogen and oxygen atoms in total. The highest BCUT2D eigenvalue weighted by Gasteiger charge is 2.33. The largest absolute Gasteiger partial charge is 0.497 e. The lowest BCUT2D eigenvalue weighted by Gasteiger charge is -2.25. The Labute approximate surface area is 187 Å². The van der Waals surface area contributed by atoms with Gasteiger partial charge in [0.2, 0.25) is 0 Å². The minimum Gasteiger partial charge on any atom is -0.497 e. The van der Waals surface area contributed by atoms with Gasteiger partial charge in [-0.1, -0.05) is 35.6 Å². The summed E-state index contributed by atoms with van der Waals surface area (Å²) in [5.41, 5.74) is 1.72. The highest BCUT2D eigenvalue weighted by atomic mass is 32.1. The van der Waals surface area contributed by atoms with Crippen molar-refractivity contribution in [2.75, 3.05) is 13.7 Å². The average Bonchev–Trinajstić information content (AvgIpc) is 3.07. The predicted molar refractivity (Wildman–Crippen MR) is 120 cm³/mol. The summed E-state index contributed by atoms with van der Waals surface area (Å²) in [4.78, 5) is 31.3. The fraction of sp³-hybridized carbons (Fsp3) is 0.208. The lowest BCUT2D eigenvalue weighted by Crippen LogP contribution is -2.39. The molecule has 1 aromatic heterocycles. The Morgan fingerprint density at radius 1 is 1.25 bits per heavy atom. The van der Waals surface area contributed by atoms with Crippen molar-refractivity contribution < 1.29 is 18.7 Å². The number of benzene rings is 2. The third-order valence-electron chi connectivity index (χ3n) is 5.07. The van der Waals surface area contributed by atoms with E-state index in [1.54, 1.807) is 57.4 Å². The van der Waals surface area contributed by atoms with E-state index in [0.717, 1.165) is 0 Å². The van der Waals surface area contributed by atoms with Gasteiger partial charge in [-0.3, -0.25) is 9.36 Å². The number of hydrogen-bond donors (Lipinski definition) is 0. The normalized spacial score (nSPS) is 15.9. The number of thiazole rings is 1. The number of halogens is 1. The van der Waals surface area contributed by atoms with Gasteiger partial charge in [0.1, 0.15) is 11.6 Å². The highest BCUT2D eigenvalue weighted by molar-refractivity contribution is 7.07. The zero-order chi connectivity index (χ0) is 22.8. The zero-order valence-corrected chi connectivity index (χ0v) is 18.6. The van der Waals surface area contributed by atoms with Gasteiger partial charge < -0.3 is 9.47 Å². The molecule has 0 bridgehead atoms. The van der Waals surface area contributed by atoms with Gasteiger partial charge in [0.25, 0.3) is 5.56 Å². The number of ether oxygens (including phenoxy) is 2. The quantitative estimate of drug-likeness (QED) is 0.558. The van der Waals surface area contributed by atoms with Gasteiger partial charge in [-0.2, -0.15) is 0 Å². The Kier molecular flexibility index (Phi) is 6.05. The van der Waals surface area contributed by atoms with Gasteiger partial charge in [0.05, 0.1) is 35.6 Å². The fourth-order valence-corrected chi connectivity index (χ4v) is 4.71. The van der Waals surface area contributed by atoms with Crippen molar-refractivity contribution >= 4 is 23.4 Å². The number of rotatable bonds is 5. The Morgan fingerprint density at radius 3 is 2.75 bits per heavy atom. The van der Waals surface area contributed by atoms with Crippen LogP contribution in [0.15, 0.2) is 69.6 Å². The monoisotopic (exact) mass is 452 g/mol. The molecule has 3 aromatic rings. The molecule has 2 heterocycles. The molecule has 0 spiro atoms. The SMILES string of the molecule is CCOC(=O)C1=C(C)N=c2s/c(=C\c3cccc(F)c3)c(=O)n2C1c1cccc(OC)c1. The molecule has 4 rings (SSSR count). The van der Waals surface area contributed by atoms with E-state index in [1.807, 2.05) is 6.07 Å². The molecule has 0 saturated heterocycles. The first-order valence-electron chi connectivity index (χ1n) is 10.0.